The predicted molar refractivity (Wildman–Crippen MR) is 109 cm³/mol. The number of ether oxygens (including phenoxy) is 1. The summed E-state index contributed by atoms with van der Waals surface area (Å²) in [5, 5.41) is 11.1. The van der Waals surface area contributed by atoms with Crippen LogP contribution in [-0.4, -0.2) is 23.4 Å². The number of benzene rings is 2. The highest BCUT2D eigenvalue weighted by molar-refractivity contribution is 6.30. The van der Waals surface area contributed by atoms with E-state index in [0.717, 1.165) is 0 Å². The molecule has 1 amide bonds. The van der Waals surface area contributed by atoms with Gasteiger partial charge in [-0.2, -0.15) is 0 Å². The molecule has 1 atom stereocenters. The molecule has 2 aromatic rings. The van der Waals surface area contributed by atoms with Gasteiger partial charge in [-0.25, -0.2) is 0 Å². The molecule has 28 heavy (non-hydrogen) atoms. The Morgan fingerprint density at radius 3 is 2.50 bits per heavy atom. The second kappa shape index (κ2) is 8.07. The standard InChI is InChI=1S/C22H22ClNO4/c1-4-28-17-7-5-6-14(12-17)19-18(20(25)13(2)3)21(26)22(27)24(19)16-10-8-15(23)9-11-16/h5-13,19,26H,4H2,1-3H3. The Kier molecular flexibility index (Phi) is 5.75. The van der Waals surface area contributed by atoms with Crippen LogP contribution in [0.15, 0.2) is 59.9 Å². The predicted octanol–water partition coefficient (Wildman–Crippen LogP) is 4.86. The molecule has 1 N–H and O–H groups in total. The maximum atomic E-state index is 12.9. The number of Topliss-reactive ketones (excluding diaryl/α,β-unsaturated/α-hetero) is 1. The molecular formula is C22H22ClNO4. The van der Waals surface area contributed by atoms with Gasteiger partial charge in [-0.15, -0.1) is 0 Å². The van der Waals surface area contributed by atoms with E-state index in [9.17, 15) is 14.7 Å². The van der Waals surface area contributed by atoms with Crippen LogP contribution >= 0.6 is 11.6 Å². The summed E-state index contributed by atoms with van der Waals surface area (Å²) in [6, 6.07) is 13.2. The molecule has 0 fully saturated rings. The Hall–Kier alpha value is -2.79. The zero-order valence-electron chi connectivity index (χ0n) is 16.0. The van der Waals surface area contributed by atoms with Crippen LogP contribution in [0, 0.1) is 5.92 Å². The van der Waals surface area contributed by atoms with E-state index in [1.165, 1.54) is 4.90 Å². The van der Waals surface area contributed by atoms with Crippen molar-refractivity contribution >= 4 is 29.0 Å². The molecule has 1 unspecified atom stereocenters. The van der Waals surface area contributed by atoms with Gasteiger partial charge in [0.2, 0.25) is 0 Å². The summed E-state index contributed by atoms with van der Waals surface area (Å²) in [6.45, 7) is 5.86. The van der Waals surface area contributed by atoms with Crippen molar-refractivity contribution in [2.24, 2.45) is 5.92 Å². The second-order valence-corrected chi connectivity index (χ2v) is 7.28. The third-order valence-corrected chi connectivity index (χ3v) is 4.84. The lowest BCUT2D eigenvalue weighted by molar-refractivity contribution is -0.119. The number of hydrogen-bond donors (Lipinski definition) is 1. The summed E-state index contributed by atoms with van der Waals surface area (Å²) in [4.78, 5) is 27.2. The number of amides is 1. The van der Waals surface area contributed by atoms with Gasteiger partial charge in [-0.3, -0.25) is 14.5 Å². The topological polar surface area (TPSA) is 66.8 Å². The number of carbonyl (C=O) groups is 2. The second-order valence-electron chi connectivity index (χ2n) is 6.84. The first-order chi connectivity index (χ1) is 13.3. The Morgan fingerprint density at radius 1 is 1.21 bits per heavy atom. The Balaban J connectivity index is 2.17. The van der Waals surface area contributed by atoms with Crippen molar-refractivity contribution in [3.8, 4) is 5.75 Å². The van der Waals surface area contributed by atoms with E-state index in [-0.39, 0.29) is 17.3 Å². The highest BCUT2D eigenvalue weighted by atomic mass is 35.5. The van der Waals surface area contributed by atoms with Crippen molar-refractivity contribution in [3.05, 3.63) is 70.4 Å². The van der Waals surface area contributed by atoms with Crippen molar-refractivity contribution in [2.45, 2.75) is 26.8 Å². The van der Waals surface area contributed by atoms with Crippen LogP contribution in [0.1, 0.15) is 32.4 Å². The maximum Gasteiger partial charge on any atom is 0.294 e. The minimum Gasteiger partial charge on any atom is -0.503 e. The molecule has 3 rings (SSSR count). The van der Waals surface area contributed by atoms with E-state index >= 15 is 0 Å². The van der Waals surface area contributed by atoms with Gasteiger partial charge in [-0.05, 0) is 48.9 Å². The molecule has 0 radical (unpaired) electrons. The van der Waals surface area contributed by atoms with Crippen molar-refractivity contribution < 1.29 is 19.4 Å². The highest BCUT2D eigenvalue weighted by Gasteiger charge is 2.44. The summed E-state index contributed by atoms with van der Waals surface area (Å²) in [6.07, 6.45) is 0. The van der Waals surface area contributed by atoms with Crippen LogP contribution in [-0.2, 0) is 9.59 Å². The number of aliphatic hydroxyl groups excluding tert-OH is 1. The number of rotatable bonds is 6. The molecule has 1 aliphatic rings. The minimum atomic E-state index is -0.746. The van der Waals surface area contributed by atoms with E-state index in [2.05, 4.69) is 0 Å². The third kappa shape index (κ3) is 3.62. The van der Waals surface area contributed by atoms with Crippen LogP contribution < -0.4 is 9.64 Å². The van der Waals surface area contributed by atoms with Crippen LogP contribution in [0.3, 0.4) is 0 Å². The average Bonchev–Trinajstić information content (AvgIpc) is 2.93. The fraction of sp³-hybridized carbons (Fsp3) is 0.273. The van der Waals surface area contributed by atoms with Crippen LogP contribution in [0.2, 0.25) is 5.02 Å². The van der Waals surface area contributed by atoms with Crippen molar-refractivity contribution in [3.63, 3.8) is 0 Å². The van der Waals surface area contributed by atoms with Gasteiger partial charge in [0.15, 0.2) is 11.5 Å². The lowest BCUT2D eigenvalue weighted by Crippen LogP contribution is -2.31. The molecule has 0 spiro atoms. The number of carbonyl (C=O) groups excluding carboxylic acids is 2. The molecule has 6 heteroatoms. The SMILES string of the molecule is CCOc1cccc(C2C(C(=O)C(C)C)=C(O)C(=O)N2c2ccc(Cl)cc2)c1. The van der Waals surface area contributed by atoms with Crippen molar-refractivity contribution in [1.29, 1.82) is 0 Å². The molecule has 0 aromatic heterocycles. The minimum absolute atomic E-state index is 0.101. The van der Waals surface area contributed by atoms with E-state index in [1.807, 2.05) is 19.1 Å². The van der Waals surface area contributed by atoms with Crippen molar-refractivity contribution in [2.75, 3.05) is 11.5 Å². The Morgan fingerprint density at radius 2 is 1.89 bits per heavy atom. The normalized spacial score (nSPS) is 16.8. The Labute approximate surface area is 169 Å². The molecule has 0 saturated carbocycles. The summed E-state index contributed by atoms with van der Waals surface area (Å²) in [7, 11) is 0. The number of hydrogen-bond acceptors (Lipinski definition) is 4. The number of anilines is 1. The molecule has 0 bridgehead atoms. The van der Waals surface area contributed by atoms with Crippen molar-refractivity contribution in [1.82, 2.24) is 0 Å². The molecule has 1 heterocycles. The van der Waals surface area contributed by atoms with E-state index < -0.39 is 17.7 Å². The summed E-state index contributed by atoms with van der Waals surface area (Å²) in [5.74, 6) is -1.13. The summed E-state index contributed by atoms with van der Waals surface area (Å²) in [5.41, 5.74) is 1.32. The highest BCUT2D eigenvalue weighted by Crippen LogP contribution is 2.42. The van der Waals surface area contributed by atoms with E-state index in [0.29, 0.717) is 28.6 Å². The molecule has 146 valence electrons. The molecule has 0 aliphatic carbocycles. The molecular weight excluding hydrogens is 378 g/mol. The zero-order valence-corrected chi connectivity index (χ0v) is 16.7. The van der Waals surface area contributed by atoms with E-state index in [4.69, 9.17) is 16.3 Å². The molecule has 0 saturated heterocycles. The van der Waals surface area contributed by atoms with Gasteiger partial charge >= 0.3 is 0 Å². The number of aliphatic hydroxyl groups is 1. The van der Waals surface area contributed by atoms with Gasteiger partial charge in [0.05, 0.1) is 18.2 Å². The van der Waals surface area contributed by atoms with Crippen LogP contribution in [0.25, 0.3) is 0 Å². The van der Waals surface area contributed by atoms with Gasteiger partial charge in [0.25, 0.3) is 5.91 Å². The number of halogens is 1. The average molecular weight is 400 g/mol. The third-order valence-electron chi connectivity index (χ3n) is 4.59. The first-order valence-corrected chi connectivity index (χ1v) is 9.52. The lowest BCUT2D eigenvalue weighted by Gasteiger charge is -2.27. The first-order valence-electron chi connectivity index (χ1n) is 9.14. The van der Waals surface area contributed by atoms with E-state index in [1.54, 1.807) is 50.2 Å². The van der Waals surface area contributed by atoms with Gasteiger partial charge < -0.3 is 9.84 Å². The Bertz CT molecular complexity index is 934. The molecule has 1 aliphatic heterocycles. The first kappa shape index (κ1) is 20.0. The fourth-order valence-corrected chi connectivity index (χ4v) is 3.42. The monoisotopic (exact) mass is 399 g/mol. The quantitative estimate of drug-likeness (QED) is 0.752. The number of nitrogens with zero attached hydrogens (tertiary/aromatic N) is 1. The smallest absolute Gasteiger partial charge is 0.294 e. The van der Waals surface area contributed by atoms with Crippen LogP contribution in [0.4, 0.5) is 5.69 Å². The molecule has 5 nitrogen and oxygen atoms in total. The molecule has 2 aromatic carbocycles. The summed E-state index contributed by atoms with van der Waals surface area (Å²) < 4.78 is 5.58. The summed E-state index contributed by atoms with van der Waals surface area (Å²) >= 11 is 5.98. The lowest BCUT2D eigenvalue weighted by atomic mass is 9.91. The van der Waals surface area contributed by atoms with Gasteiger partial charge in [-0.1, -0.05) is 37.6 Å². The van der Waals surface area contributed by atoms with Crippen LogP contribution in [0.5, 0.6) is 5.75 Å². The number of ketones is 1. The zero-order chi connectivity index (χ0) is 20.4. The fourth-order valence-electron chi connectivity index (χ4n) is 3.29. The van der Waals surface area contributed by atoms with Gasteiger partial charge in [0.1, 0.15) is 5.75 Å². The maximum absolute atomic E-state index is 12.9. The largest absolute Gasteiger partial charge is 0.503 e. The van der Waals surface area contributed by atoms with Gasteiger partial charge in [0, 0.05) is 16.6 Å².